The van der Waals surface area contributed by atoms with Crippen molar-refractivity contribution < 1.29 is 4.79 Å². The predicted molar refractivity (Wildman–Crippen MR) is 65.5 cm³/mol. The molecule has 1 aromatic heterocycles. The molecule has 1 fully saturated rings. The third kappa shape index (κ3) is 5.09. The Morgan fingerprint density at radius 3 is 2.27 bits per heavy atom. The smallest absolute Gasteiger partial charge is 0.160 e. The van der Waals surface area contributed by atoms with Gasteiger partial charge in [0.05, 0.1) is 4.88 Å². The van der Waals surface area contributed by atoms with Crippen molar-refractivity contribution in [1.82, 2.24) is 0 Å². The van der Waals surface area contributed by atoms with Crippen LogP contribution in [0.5, 0.6) is 0 Å². The summed E-state index contributed by atoms with van der Waals surface area (Å²) in [4.78, 5) is 12.0. The molecular formula is C12H19NOS. The largest absolute Gasteiger partial charge is 0.328 e. The number of thiophene rings is 1. The molecule has 15 heavy (non-hydrogen) atoms. The molecule has 0 aromatic carbocycles. The zero-order chi connectivity index (χ0) is 11.1. The van der Waals surface area contributed by atoms with Gasteiger partial charge in [-0.2, -0.15) is 0 Å². The number of aryl methyl sites for hydroxylation is 1. The minimum Gasteiger partial charge on any atom is -0.328 e. The van der Waals surface area contributed by atoms with E-state index in [0.29, 0.717) is 6.04 Å². The van der Waals surface area contributed by atoms with Crippen molar-refractivity contribution in [2.45, 2.75) is 45.1 Å². The number of hydrogen-bond donors (Lipinski definition) is 1. The third-order valence-electron chi connectivity index (χ3n) is 2.53. The molecule has 0 unspecified atom stereocenters. The Hall–Kier alpha value is -0.670. The maximum absolute atomic E-state index is 10.0. The normalized spacial score (nSPS) is 16.7. The number of rotatable bonds is 1. The van der Waals surface area contributed by atoms with Crippen LogP contribution in [-0.4, -0.2) is 12.3 Å². The highest BCUT2D eigenvalue weighted by Gasteiger charge is 2.06. The zero-order valence-corrected chi connectivity index (χ0v) is 10.1. The van der Waals surface area contributed by atoms with Crippen molar-refractivity contribution in [2.75, 3.05) is 0 Å². The highest BCUT2D eigenvalue weighted by molar-refractivity contribution is 7.13. The molecule has 0 aliphatic heterocycles. The lowest BCUT2D eigenvalue weighted by atomic mass is 9.97. The van der Waals surface area contributed by atoms with Gasteiger partial charge in [-0.25, -0.2) is 0 Å². The molecule has 2 N–H and O–H groups in total. The van der Waals surface area contributed by atoms with Crippen molar-refractivity contribution in [3.8, 4) is 0 Å². The Kier molecular flexibility index (Phi) is 5.58. The summed E-state index contributed by atoms with van der Waals surface area (Å²) in [5.74, 6) is 0. The van der Waals surface area contributed by atoms with Gasteiger partial charge in [0, 0.05) is 10.9 Å². The molecule has 1 heterocycles. The van der Waals surface area contributed by atoms with Gasteiger partial charge >= 0.3 is 0 Å². The summed E-state index contributed by atoms with van der Waals surface area (Å²) < 4.78 is 0. The van der Waals surface area contributed by atoms with E-state index in [0.717, 1.165) is 11.2 Å². The van der Waals surface area contributed by atoms with Gasteiger partial charge in [0.25, 0.3) is 0 Å². The van der Waals surface area contributed by atoms with Crippen molar-refractivity contribution in [1.29, 1.82) is 0 Å². The summed E-state index contributed by atoms with van der Waals surface area (Å²) in [6, 6.07) is 4.30. The van der Waals surface area contributed by atoms with E-state index in [9.17, 15) is 4.79 Å². The summed E-state index contributed by atoms with van der Waals surface area (Å²) in [5, 5.41) is 0. The van der Waals surface area contributed by atoms with Gasteiger partial charge in [-0.15, -0.1) is 11.3 Å². The lowest BCUT2D eigenvalue weighted by Gasteiger charge is -2.15. The fourth-order valence-corrected chi connectivity index (χ4v) is 2.34. The van der Waals surface area contributed by atoms with Gasteiger partial charge < -0.3 is 5.73 Å². The zero-order valence-electron chi connectivity index (χ0n) is 9.24. The second-order valence-electron chi connectivity index (χ2n) is 3.96. The van der Waals surface area contributed by atoms with Gasteiger partial charge in [-0.05, 0) is 31.9 Å². The summed E-state index contributed by atoms with van der Waals surface area (Å²) >= 11 is 1.52. The first kappa shape index (κ1) is 12.4. The average Bonchev–Trinajstić information content (AvgIpc) is 2.66. The van der Waals surface area contributed by atoms with Gasteiger partial charge in [0.1, 0.15) is 0 Å². The Balaban J connectivity index is 0.000000151. The van der Waals surface area contributed by atoms with Gasteiger partial charge in [-0.3, -0.25) is 4.79 Å². The Morgan fingerprint density at radius 1 is 1.33 bits per heavy atom. The van der Waals surface area contributed by atoms with Crippen LogP contribution in [0.1, 0.15) is 46.7 Å². The van der Waals surface area contributed by atoms with E-state index in [1.165, 1.54) is 48.3 Å². The minimum atomic E-state index is 0.536. The molecule has 1 aliphatic carbocycles. The molecule has 0 atom stereocenters. The number of hydrogen-bond acceptors (Lipinski definition) is 3. The lowest BCUT2D eigenvalue weighted by Crippen LogP contribution is -2.22. The molecule has 1 aromatic rings. The summed E-state index contributed by atoms with van der Waals surface area (Å²) in [6.45, 7) is 1.98. The first-order valence-corrected chi connectivity index (χ1v) is 6.31. The number of carbonyl (C=O) groups excluding carboxylic acids is 1. The van der Waals surface area contributed by atoms with E-state index in [1.54, 1.807) is 0 Å². The van der Waals surface area contributed by atoms with Crippen LogP contribution in [0.25, 0.3) is 0 Å². The van der Waals surface area contributed by atoms with Gasteiger partial charge in [0.15, 0.2) is 6.29 Å². The second-order valence-corrected chi connectivity index (χ2v) is 5.28. The van der Waals surface area contributed by atoms with Crippen LogP contribution in [0.4, 0.5) is 0 Å². The summed E-state index contributed by atoms with van der Waals surface area (Å²) in [7, 11) is 0. The fraction of sp³-hybridized carbons (Fsp3) is 0.583. The molecule has 3 heteroatoms. The molecule has 84 valence electrons. The van der Waals surface area contributed by atoms with Crippen molar-refractivity contribution in [3.63, 3.8) is 0 Å². The monoisotopic (exact) mass is 225 g/mol. The van der Waals surface area contributed by atoms with Crippen molar-refractivity contribution in [3.05, 3.63) is 21.9 Å². The van der Waals surface area contributed by atoms with E-state index in [2.05, 4.69) is 0 Å². The molecule has 0 bridgehead atoms. The molecular weight excluding hydrogens is 206 g/mol. The number of nitrogens with two attached hydrogens (primary N) is 1. The van der Waals surface area contributed by atoms with Crippen LogP contribution in [-0.2, 0) is 0 Å². The molecule has 1 aliphatic rings. The van der Waals surface area contributed by atoms with Gasteiger partial charge in [-0.1, -0.05) is 19.3 Å². The molecule has 0 saturated heterocycles. The van der Waals surface area contributed by atoms with Crippen molar-refractivity contribution >= 4 is 17.6 Å². The van der Waals surface area contributed by atoms with Crippen LogP contribution in [0.2, 0.25) is 0 Å². The van der Waals surface area contributed by atoms with Crippen LogP contribution in [0, 0.1) is 6.92 Å². The Bertz CT molecular complexity index is 290. The topological polar surface area (TPSA) is 43.1 Å². The Labute approximate surface area is 95.5 Å². The van der Waals surface area contributed by atoms with E-state index in [1.807, 2.05) is 19.1 Å². The van der Waals surface area contributed by atoms with Crippen LogP contribution >= 0.6 is 11.3 Å². The van der Waals surface area contributed by atoms with Gasteiger partial charge in [0.2, 0.25) is 0 Å². The first-order chi connectivity index (χ1) is 7.22. The molecule has 0 spiro atoms. The number of aldehydes is 1. The molecule has 0 radical (unpaired) electrons. The predicted octanol–water partition coefficient (Wildman–Crippen LogP) is 3.15. The average molecular weight is 225 g/mol. The van der Waals surface area contributed by atoms with E-state index in [-0.39, 0.29) is 0 Å². The fourth-order valence-electron chi connectivity index (χ4n) is 1.65. The minimum absolute atomic E-state index is 0.536. The molecule has 2 nitrogen and oxygen atoms in total. The summed E-state index contributed by atoms with van der Waals surface area (Å²) in [5.41, 5.74) is 5.63. The van der Waals surface area contributed by atoms with Crippen molar-refractivity contribution in [2.24, 2.45) is 5.73 Å². The first-order valence-electron chi connectivity index (χ1n) is 5.49. The maximum atomic E-state index is 10.0. The molecule has 2 rings (SSSR count). The van der Waals surface area contributed by atoms with E-state index in [4.69, 9.17) is 5.73 Å². The highest BCUT2D eigenvalue weighted by atomic mass is 32.1. The molecule has 1 saturated carbocycles. The highest BCUT2D eigenvalue weighted by Crippen LogP contribution is 2.14. The number of carbonyl (C=O) groups is 1. The van der Waals surface area contributed by atoms with Crippen LogP contribution < -0.4 is 5.73 Å². The SMILES string of the molecule is Cc1ccc(C=O)s1.NC1CCCCC1. The maximum Gasteiger partial charge on any atom is 0.160 e. The summed E-state index contributed by atoms with van der Waals surface area (Å²) in [6.07, 6.45) is 7.54. The van der Waals surface area contributed by atoms with E-state index < -0.39 is 0 Å². The quantitative estimate of drug-likeness (QED) is 0.746. The Morgan fingerprint density at radius 2 is 2.00 bits per heavy atom. The standard InChI is InChI=1S/C6H13N.C6H6OS/c7-6-4-2-1-3-5-6;1-5-2-3-6(4-7)8-5/h6H,1-5,7H2;2-4H,1H3. The van der Waals surface area contributed by atoms with Crippen LogP contribution in [0.15, 0.2) is 12.1 Å². The molecule has 0 amide bonds. The second kappa shape index (κ2) is 6.75. The van der Waals surface area contributed by atoms with Crippen LogP contribution in [0.3, 0.4) is 0 Å². The third-order valence-corrected chi connectivity index (χ3v) is 3.45. The lowest BCUT2D eigenvalue weighted by molar-refractivity contribution is 0.112. The van der Waals surface area contributed by atoms with E-state index >= 15 is 0 Å².